The highest BCUT2D eigenvalue weighted by Gasteiger charge is 2.17. The summed E-state index contributed by atoms with van der Waals surface area (Å²) in [6, 6.07) is 30.3. The number of pyridine rings is 2. The summed E-state index contributed by atoms with van der Waals surface area (Å²) in [6.45, 7) is 0.991. The van der Waals surface area contributed by atoms with Crippen molar-refractivity contribution in [2.45, 2.75) is 13.0 Å². The van der Waals surface area contributed by atoms with E-state index in [-0.39, 0.29) is 5.91 Å². The van der Waals surface area contributed by atoms with Crippen LogP contribution < -0.4 is 11.1 Å². The van der Waals surface area contributed by atoms with Gasteiger partial charge in [-0.1, -0.05) is 72.8 Å². The lowest BCUT2D eigenvalue weighted by molar-refractivity contribution is 0.0951. The van der Waals surface area contributed by atoms with Gasteiger partial charge in [0.1, 0.15) is 5.69 Å². The Morgan fingerprint density at radius 1 is 0.868 bits per heavy atom. The average molecular weight is 498 g/mol. The van der Waals surface area contributed by atoms with E-state index in [0.29, 0.717) is 18.8 Å². The number of H-pyrrole nitrogens is 1. The van der Waals surface area contributed by atoms with Crippen LogP contribution in [0.1, 0.15) is 21.6 Å². The number of aromatic nitrogens is 3. The van der Waals surface area contributed by atoms with Crippen molar-refractivity contribution < 1.29 is 4.79 Å². The van der Waals surface area contributed by atoms with Crippen molar-refractivity contribution in [3.8, 4) is 22.4 Å². The highest BCUT2D eigenvalue weighted by atomic mass is 16.1. The number of benzene rings is 3. The lowest BCUT2D eigenvalue weighted by Crippen LogP contribution is -2.26. The molecule has 0 aliphatic rings. The molecule has 0 aliphatic carbocycles. The van der Waals surface area contributed by atoms with Crippen LogP contribution in [0.2, 0.25) is 0 Å². The van der Waals surface area contributed by atoms with E-state index in [4.69, 9.17) is 10.7 Å². The van der Waals surface area contributed by atoms with E-state index in [2.05, 4.69) is 39.6 Å². The van der Waals surface area contributed by atoms with Crippen LogP contribution in [0.25, 0.3) is 44.2 Å². The molecule has 3 aromatic carbocycles. The molecule has 4 N–H and O–H groups in total. The molecule has 0 radical (unpaired) electrons. The maximum atomic E-state index is 13.3. The second-order valence-electron chi connectivity index (χ2n) is 9.24. The first-order valence-corrected chi connectivity index (χ1v) is 12.7. The highest BCUT2D eigenvalue weighted by Crippen LogP contribution is 2.34. The molecular weight excluding hydrogens is 470 g/mol. The largest absolute Gasteiger partial charge is 0.361 e. The zero-order chi connectivity index (χ0) is 25.9. The Labute approximate surface area is 220 Å². The maximum Gasteiger partial charge on any atom is 0.270 e. The third kappa shape index (κ3) is 4.53. The molecule has 6 nitrogen and oxygen atoms in total. The topological polar surface area (TPSA) is 96.7 Å². The maximum absolute atomic E-state index is 13.3. The fraction of sp³-hybridized carbons (Fsp3) is 0.0938. The highest BCUT2D eigenvalue weighted by molar-refractivity contribution is 6.06. The molecule has 0 unspecified atom stereocenters. The molecule has 0 bridgehead atoms. The van der Waals surface area contributed by atoms with Crippen molar-refractivity contribution in [1.82, 2.24) is 20.3 Å². The molecule has 0 spiro atoms. The summed E-state index contributed by atoms with van der Waals surface area (Å²) in [7, 11) is 0. The van der Waals surface area contributed by atoms with E-state index in [0.717, 1.165) is 50.8 Å². The number of nitrogens with zero attached hydrogens (tertiary/aromatic N) is 2. The zero-order valence-corrected chi connectivity index (χ0v) is 20.8. The average Bonchev–Trinajstić information content (AvgIpc) is 3.39. The normalized spacial score (nSPS) is 11.2. The molecule has 6 heteroatoms. The van der Waals surface area contributed by atoms with Gasteiger partial charge in [-0.15, -0.1) is 0 Å². The van der Waals surface area contributed by atoms with E-state index >= 15 is 0 Å². The minimum Gasteiger partial charge on any atom is -0.361 e. The number of nitrogens with one attached hydrogen (secondary N) is 2. The summed E-state index contributed by atoms with van der Waals surface area (Å²) in [4.78, 5) is 26.1. The van der Waals surface area contributed by atoms with Gasteiger partial charge in [-0.05, 0) is 41.3 Å². The van der Waals surface area contributed by atoms with Gasteiger partial charge in [-0.3, -0.25) is 9.78 Å². The molecule has 3 aromatic heterocycles. The summed E-state index contributed by atoms with van der Waals surface area (Å²) in [5.41, 5.74) is 14.0. The van der Waals surface area contributed by atoms with Crippen LogP contribution in [0.4, 0.5) is 0 Å². The number of hydrogen-bond acceptors (Lipinski definition) is 4. The molecule has 0 saturated heterocycles. The minimum atomic E-state index is -0.212. The smallest absolute Gasteiger partial charge is 0.270 e. The molecule has 0 atom stereocenters. The molecule has 38 heavy (non-hydrogen) atoms. The molecule has 6 rings (SSSR count). The number of para-hydroxylation sites is 1. The van der Waals surface area contributed by atoms with Crippen LogP contribution in [0, 0.1) is 0 Å². The summed E-state index contributed by atoms with van der Waals surface area (Å²) in [6.07, 6.45) is 4.37. The number of aromatic amines is 1. The zero-order valence-electron chi connectivity index (χ0n) is 20.8. The number of rotatable bonds is 7. The first-order chi connectivity index (χ1) is 18.7. The first kappa shape index (κ1) is 23.6. The van der Waals surface area contributed by atoms with E-state index < -0.39 is 0 Å². The van der Waals surface area contributed by atoms with Crippen LogP contribution >= 0.6 is 0 Å². The van der Waals surface area contributed by atoms with Crippen molar-refractivity contribution in [1.29, 1.82) is 0 Å². The van der Waals surface area contributed by atoms with Crippen molar-refractivity contribution in [2.75, 3.05) is 6.54 Å². The molecule has 186 valence electrons. The van der Waals surface area contributed by atoms with Crippen LogP contribution in [-0.2, 0) is 13.0 Å². The van der Waals surface area contributed by atoms with Gasteiger partial charge in [0.25, 0.3) is 5.91 Å². The number of nitrogens with two attached hydrogens (primary N) is 1. The first-order valence-electron chi connectivity index (χ1n) is 12.7. The van der Waals surface area contributed by atoms with Gasteiger partial charge in [0.15, 0.2) is 0 Å². The number of carbonyl (C=O) groups excluding carboxylic acids is 1. The second kappa shape index (κ2) is 10.3. The Hall–Kier alpha value is -4.81. The van der Waals surface area contributed by atoms with Gasteiger partial charge in [0.05, 0.1) is 11.2 Å². The van der Waals surface area contributed by atoms with E-state index in [1.54, 1.807) is 6.20 Å². The molecule has 1 amide bonds. The lowest BCUT2D eigenvalue weighted by atomic mass is 9.96. The van der Waals surface area contributed by atoms with E-state index in [1.165, 1.54) is 10.9 Å². The quantitative estimate of drug-likeness (QED) is 0.257. The Morgan fingerprint density at radius 2 is 1.66 bits per heavy atom. The Morgan fingerprint density at radius 3 is 2.47 bits per heavy atom. The van der Waals surface area contributed by atoms with Crippen LogP contribution in [0.15, 0.2) is 103 Å². The van der Waals surface area contributed by atoms with E-state index in [9.17, 15) is 4.79 Å². The van der Waals surface area contributed by atoms with Crippen molar-refractivity contribution in [3.63, 3.8) is 0 Å². The summed E-state index contributed by atoms with van der Waals surface area (Å²) in [5, 5.41) is 4.95. The predicted octanol–water partition coefficient (Wildman–Crippen LogP) is 5.88. The molecular formula is C32H27N5O. The monoisotopic (exact) mass is 497 g/mol. The van der Waals surface area contributed by atoms with Crippen LogP contribution in [0.3, 0.4) is 0 Å². The summed E-state index contributed by atoms with van der Waals surface area (Å²) >= 11 is 0. The second-order valence-corrected chi connectivity index (χ2v) is 9.24. The third-order valence-corrected chi connectivity index (χ3v) is 6.86. The van der Waals surface area contributed by atoms with Gasteiger partial charge < -0.3 is 16.0 Å². The van der Waals surface area contributed by atoms with Gasteiger partial charge in [0.2, 0.25) is 0 Å². The fourth-order valence-electron chi connectivity index (χ4n) is 4.87. The van der Waals surface area contributed by atoms with Crippen LogP contribution in [0.5, 0.6) is 0 Å². The minimum absolute atomic E-state index is 0.212. The summed E-state index contributed by atoms with van der Waals surface area (Å²) < 4.78 is 0. The van der Waals surface area contributed by atoms with Gasteiger partial charge in [0, 0.05) is 52.9 Å². The standard InChI is InChI=1S/C32H27N5O/c33-19-21-10-12-23(13-11-21)30-26(22-6-2-1-3-7-22)18-27-29(37-30)15-17-34-31(27)32(38)35-16-14-24-20-36-28-9-5-4-8-25(24)28/h1-13,15,17-18,20,36H,14,16,19,33H2,(H,35,38). The third-order valence-electron chi connectivity index (χ3n) is 6.86. The molecule has 6 aromatic rings. The molecule has 0 aliphatic heterocycles. The van der Waals surface area contributed by atoms with Gasteiger partial charge in [-0.2, -0.15) is 0 Å². The number of hydrogen-bond donors (Lipinski definition) is 3. The molecule has 3 heterocycles. The van der Waals surface area contributed by atoms with Crippen molar-refractivity contribution in [2.24, 2.45) is 5.73 Å². The Kier molecular flexibility index (Phi) is 6.38. The van der Waals surface area contributed by atoms with Crippen molar-refractivity contribution in [3.05, 3.63) is 120 Å². The predicted molar refractivity (Wildman–Crippen MR) is 153 cm³/mol. The number of fused-ring (bicyclic) bond motifs is 2. The SMILES string of the molecule is NCc1ccc(-c2nc3ccnc(C(=O)NCCc4c[nH]c5ccccc45)c3cc2-c2ccccc2)cc1. The Bertz CT molecular complexity index is 1740. The van der Waals surface area contributed by atoms with Gasteiger partial charge in [-0.25, -0.2) is 4.98 Å². The van der Waals surface area contributed by atoms with Crippen LogP contribution in [-0.4, -0.2) is 27.4 Å². The molecule has 0 fully saturated rings. The summed E-state index contributed by atoms with van der Waals surface area (Å²) in [5.74, 6) is -0.212. The lowest BCUT2D eigenvalue weighted by Gasteiger charge is -2.14. The fourth-order valence-corrected chi connectivity index (χ4v) is 4.87. The Balaban J connectivity index is 1.34. The number of amides is 1. The van der Waals surface area contributed by atoms with E-state index in [1.807, 2.05) is 72.9 Å². The number of carbonyl (C=O) groups is 1. The van der Waals surface area contributed by atoms with Crippen molar-refractivity contribution >= 4 is 27.7 Å². The van der Waals surface area contributed by atoms with Gasteiger partial charge >= 0.3 is 0 Å². The molecule has 0 saturated carbocycles.